The molecule has 1 aromatic carbocycles. The highest BCUT2D eigenvalue weighted by Crippen LogP contribution is 2.29. The highest BCUT2D eigenvalue weighted by atomic mass is 79.9. The molecule has 7 nitrogen and oxygen atoms in total. The molecule has 1 aromatic heterocycles. The third-order valence-electron chi connectivity index (χ3n) is 3.60. The number of ether oxygens (including phenoxy) is 1. The average molecular weight is 394 g/mol. The van der Waals surface area contributed by atoms with Gasteiger partial charge in [0.25, 0.3) is 0 Å². The van der Waals surface area contributed by atoms with Crippen LogP contribution >= 0.6 is 15.9 Å². The molecule has 126 valence electrons. The number of oxazole rings is 1. The summed E-state index contributed by atoms with van der Waals surface area (Å²) < 4.78 is 10.8. The number of esters is 1. The van der Waals surface area contributed by atoms with Crippen LogP contribution in [0.15, 0.2) is 39.4 Å². The topological polar surface area (TPSA) is 84.7 Å². The van der Waals surface area contributed by atoms with E-state index in [1.165, 1.54) is 13.4 Å². The number of methoxy groups -OCH3 is 1. The van der Waals surface area contributed by atoms with E-state index in [-0.39, 0.29) is 24.3 Å². The number of carbonyl (C=O) groups is 2. The molecule has 0 unspecified atom stereocenters. The molecule has 8 heteroatoms. The van der Waals surface area contributed by atoms with E-state index >= 15 is 0 Å². The highest BCUT2D eigenvalue weighted by Gasteiger charge is 2.34. The summed E-state index contributed by atoms with van der Waals surface area (Å²) in [6, 6.07) is 7.27. The van der Waals surface area contributed by atoms with E-state index in [9.17, 15) is 9.59 Å². The molecule has 1 aliphatic carbocycles. The molecule has 24 heavy (non-hydrogen) atoms. The number of nitrogens with one attached hydrogen (secondary N) is 1. The second-order valence-corrected chi connectivity index (χ2v) is 6.33. The number of aromatic nitrogens is 1. The lowest BCUT2D eigenvalue weighted by atomic mass is 10.3. The first-order valence-corrected chi connectivity index (χ1v) is 8.22. The first-order chi connectivity index (χ1) is 11.6. The van der Waals surface area contributed by atoms with Gasteiger partial charge in [-0.25, -0.2) is 14.6 Å². The lowest BCUT2D eigenvalue weighted by Crippen LogP contribution is -2.36. The summed E-state index contributed by atoms with van der Waals surface area (Å²) in [7, 11) is 1.28. The van der Waals surface area contributed by atoms with Gasteiger partial charge >= 0.3 is 12.0 Å². The van der Waals surface area contributed by atoms with Crippen LogP contribution < -0.4 is 5.32 Å². The zero-order valence-electron chi connectivity index (χ0n) is 13.0. The van der Waals surface area contributed by atoms with Crippen LogP contribution in [-0.4, -0.2) is 35.0 Å². The SMILES string of the molecule is COC(=O)c1coc(CN(C(=O)Nc2ccc(Br)cc2)C2CC2)n1. The molecule has 1 saturated carbocycles. The van der Waals surface area contributed by atoms with Gasteiger partial charge in [-0.15, -0.1) is 0 Å². The van der Waals surface area contributed by atoms with Gasteiger partial charge in [0.05, 0.1) is 13.7 Å². The second-order valence-electron chi connectivity index (χ2n) is 5.41. The van der Waals surface area contributed by atoms with Gasteiger partial charge in [0.15, 0.2) is 5.69 Å². The Balaban J connectivity index is 1.68. The number of nitrogens with zero attached hydrogens (tertiary/aromatic N) is 2. The van der Waals surface area contributed by atoms with E-state index in [2.05, 4.69) is 31.0 Å². The predicted octanol–water partition coefficient (Wildman–Crippen LogP) is 3.42. The molecule has 0 spiro atoms. The lowest BCUT2D eigenvalue weighted by Gasteiger charge is -2.21. The van der Waals surface area contributed by atoms with Crippen molar-refractivity contribution in [2.45, 2.75) is 25.4 Å². The quantitative estimate of drug-likeness (QED) is 0.786. The first kappa shape index (κ1) is 16.5. The van der Waals surface area contributed by atoms with Crippen LogP contribution in [-0.2, 0) is 11.3 Å². The van der Waals surface area contributed by atoms with Crippen molar-refractivity contribution in [3.8, 4) is 0 Å². The predicted molar refractivity (Wildman–Crippen MR) is 89.6 cm³/mol. The number of amides is 2. The summed E-state index contributed by atoms with van der Waals surface area (Å²) in [5.74, 6) is -0.268. The zero-order chi connectivity index (χ0) is 17.1. The van der Waals surface area contributed by atoms with Crippen LogP contribution in [0.3, 0.4) is 0 Å². The van der Waals surface area contributed by atoms with Gasteiger partial charge < -0.3 is 19.4 Å². The van der Waals surface area contributed by atoms with Crippen molar-refractivity contribution in [2.75, 3.05) is 12.4 Å². The highest BCUT2D eigenvalue weighted by molar-refractivity contribution is 9.10. The van der Waals surface area contributed by atoms with Gasteiger partial charge in [0, 0.05) is 16.2 Å². The van der Waals surface area contributed by atoms with Crippen LogP contribution in [0.1, 0.15) is 29.2 Å². The maximum Gasteiger partial charge on any atom is 0.360 e. The molecular formula is C16H16BrN3O4. The summed E-state index contributed by atoms with van der Waals surface area (Å²) in [6.07, 6.45) is 3.12. The Bertz CT molecular complexity index is 740. The number of urea groups is 1. The number of carbonyl (C=O) groups excluding carboxylic acids is 2. The van der Waals surface area contributed by atoms with E-state index < -0.39 is 5.97 Å². The van der Waals surface area contributed by atoms with E-state index in [4.69, 9.17) is 4.42 Å². The van der Waals surface area contributed by atoms with Crippen molar-refractivity contribution in [3.05, 3.63) is 46.6 Å². The number of rotatable bonds is 5. The van der Waals surface area contributed by atoms with Crippen LogP contribution in [0, 0.1) is 0 Å². The minimum Gasteiger partial charge on any atom is -0.464 e. The van der Waals surface area contributed by atoms with Crippen LogP contribution in [0.5, 0.6) is 0 Å². The number of halogens is 1. The van der Waals surface area contributed by atoms with Gasteiger partial charge in [-0.05, 0) is 37.1 Å². The summed E-state index contributed by atoms with van der Waals surface area (Å²) >= 11 is 3.36. The average Bonchev–Trinajstić information content (AvgIpc) is 3.31. The molecule has 0 aliphatic heterocycles. The smallest absolute Gasteiger partial charge is 0.360 e. The molecule has 3 rings (SSSR count). The maximum absolute atomic E-state index is 12.5. The molecule has 0 saturated heterocycles. The van der Waals surface area contributed by atoms with Crippen molar-refractivity contribution in [2.24, 2.45) is 0 Å². The molecular weight excluding hydrogens is 378 g/mol. The molecule has 1 aliphatic rings. The fourth-order valence-electron chi connectivity index (χ4n) is 2.21. The molecule has 0 radical (unpaired) electrons. The minimum atomic E-state index is -0.567. The van der Waals surface area contributed by atoms with Gasteiger partial charge in [0.1, 0.15) is 6.26 Å². The Kier molecular flexibility index (Phi) is 4.84. The van der Waals surface area contributed by atoms with Crippen molar-refractivity contribution < 1.29 is 18.7 Å². The number of benzene rings is 1. The van der Waals surface area contributed by atoms with Crippen molar-refractivity contribution in [1.29, 1.82) is 0 Å². The Morgan fingerprint density at radius 2 is 2.08 bits per heavy atom. The molecule has 2 aromatic rings. The van der Waals surface area contributed by atoms with Gasteiger partial charge in [-0.2, -0.15) is 0 Å². The third kappa shape index (κ3) is 3.94. The lowest BCUT2D eigenvalue weighted by molar-refractivity contribution is 0.0594. The molecule has 1 heterocycles. The Hall–Kier alpha value is -2.35. The van der Waals surface area contributed by atoms with Crippen LogP contribution in [0.2, 0.25) is 0 Å². The Morgan fingerprint density at radius 1 is 1.38 bits per heavy atom. The molecule has 0 bridgehead atoms. The van der Waals surface area contributed by atoms with E-state index in [0.29, 0.717) is 11.6 Å². The van der Waals surface area contributed by atoms with Crippen LogP contribution in [0.4, 0.5) is 10.5 Å². The molecule has 1 fully saturated rings. The molecule has 1 N–H and O–H groups in total. The first-order valence-electron chi connectivity index (χ1n) is 7.42. The normalized spacial score (nSPS) is 13.4. The minimum absolute atomic E-state index is 0.0940. The zero-order valence-corrected chi connectivity index (χ0v) is 14.6. The fraction of sp³-hybridized carbons (Fsp3) is 0.312. The Labute approximate surface area is 147 Å². The Morgan fingerprint density at radius 3 is 2.71 bits per heavy atom. The van der Waals surface area contributed by atoms with Crippen LogP contribution in [0.25, 0.3) is 0 Å². The summed E-state index contributed by atoms with van der Waals surface area (Å²) in [5, 5.41) is 2.86. The largest absolute Gasteiger partial charge is 0.464 e. The van der Waals surface area contributed by atoms with Crippen molar-refractivity contribution >= 4 is 33.6 Å². The van der Waals surface area contributed by atoms with E-state index in [1.807, 2.05) is 24.3 Å². The maximum atomic E-state index is 12.5. The fourth-order valence-corrected chi connectivity index (χ4v) is 2.47. The molecule has 0 atom stereocenters. The third-order valence-corrected chi connectivity index (χ3v) is 4.12. The number of hydrogen-bond donors (Lipinski definition) is 1. The number of anilines is 1. The summed E-state index contributed by atoms with van der Waals surface area (Å²) in [6.45, 7) is 0.198. The second kappa shape index (κ2) is 7.04. The van der Waals surface area contributed by atoms with Crippen molar-refractivity contribution in [1.82, 2.24) is 9.88 Å². The van der Waals surface area contributed by atoms with E-state index in [0.717, 1.165) is 17.3 Å². The standard InChI is InChI=1S/C16H16BrN3O4/c1-23-15(21)13-9-24-14(19-13)8-20(12-6-7-12)16(22)18-11-4-2-10(17)3-5-11/h2-5,9,12H,6-8H2,1H3,(H,18,22). The summed E-state index contributed by atoms with van der Waals surface area (Å²) in [5.41, 5.74) is 0.799. The van der Waals surface area contributed by atoms with Gasteiger partial charge in [-0.1, -0.05) is 15.9 Å². The van der Waals surface area contributed by atoms with E-state index in [1.54, 1.807) is 4.90 Å². The van der Waals surface area contributed by atoms with Gasteiger partial charge in [0.2, 0.25) is 5.89 Å². The monoisotopic (exact) mass is 393 g/mol. The van der Waals surface area contributed by atoms with Gasteiger partial charge in [-0.3, -0.25) is 0 Å². The number of hydrogen-bond acceptors (Lipinski definition) is 5. The van der Waals surface area contributed by atoms with Crippen molar-refractivity contribution in [3.63, 3.8) is 0 Å². The molecule has 2 amide bonds. The summed E-state index contributed by atoms with van der Waals surface area (Å²) in [4.78, 5) is 29.7.